The molecule has 0 aromatic heterocycles. The number of fused-ring (bicyclic) bond motifs is 1. The second-order valence-electron chi connectivity index (χ2n) is 5.84. The standard InChI is InChI=1S/C20H20N2O3/c1-3-19(23)22-11-10-14-6-4-9-17(18(14)13-22)20(24)21-15-7-5-8-16(12-15)25-2/h3-9,12H,1,10-11,13H2,2H3,(H,21,24). The first-order valence-electron chi connectivity index (χ1n) is 8.10. The number of benzene rings is 2. The molecule has 1 N–H and O–H groups in total. The first-order chi connectivity index (χ1) is 12.1. The highest BCUT2D eigenvalue weighted by molar-refractivity contribution is 6.05. The molecule has 2 amide bonds. The van der Waals surface area contributed by atoms with E-state index in [1.165, 1.54) is 6.08 Å². The molecule has 1 heterocycles. The van der Waals surface area contributed by atoms with Crippen LogP contribution in [-0.4, -0.2) is 30.4 Å². The van der Waals surface area contributed by atoms with Gasteiger partial charge in [-0.1, -0.05) is 24.8 Å². The lowest BCUT2D eigenvalue weighted by Gasteiger charge is -2.29. The van der Waals surface area contributed by atoms with E-state index in [4.69, 9.17) is 4.74 Å². The summed E-state index contributed by atoms with van der Waals surface area (Å²) in [5, 5.41) is 2.90. The van der Waals surface area contributed by atoms with Crippen LogP contribution in [0.25, 0.3) is 0 Å². The minimum atomic E-state index is -0.196. The third-order valence-electron chi connectivity index (χ3n) is 4.33. The first kappa shape index (κ1) is 16.8. The molecule has 2 aromatic rings. The molecule has 0 spiro atoms. The zero-order valence-electron chi connectivity index (χ0n) is 14.1. The van der Waals surface area contributed by atoms with Crippen LogP contribution in [0.1, 0.15) is 21.5 Å². The maximum Gasteiger partial charge on any atom is 0.256 e. The number of nitrogens with zero attached hydrogens (tertiary/aromatic N) is 1. The molecule has 1 aliphatic heterocycles. The van der Waals surface area contributed by atoms with Crippen LogP contribution in [0.5, 0.6) is 5.75 Å². The summed E-state index contributed by atoms with van der Waals surface area (Å²) in [6.45, 7) is 4.60. The molecule has 25 heavy (non-hydrogen) atoms. The van der Waals surface area contributed by atoms with E-state index in [0.717, 1.165) is 17.5 Å². The van der Waals surface area contributed by atoms with Gasteiger partial charge in [-0.15, -0.1) is 0 Å². The molecule has 128 valence electrons. The second kappa shape index (κ2) is 7.21. The SMILES string of the molecule is C=CC(=O)N1CCc2cccc(C(=O)Nc3cccc(OC)c3)c2C1. The summed E-state index contributed by atoms with van der Waals surface area (Å²) in [5.74, 6) is 0.363. The second-order valence-corrected chi connectivity index (χ2v) is 5.84. The van der Waals surface area contributed by atoms with Crippen LogP contribution in [0.2, 0.25) is 0 Å². The predicted octanol–water partition coefficient (Wildman–Crippen LogP) is 3.02. The molecule has 0 radical (unpaired) electrons. The van der Waals surface area contributed by atoms with Crippen LogP contribution in [0, 0.1) is 0 Å². The zero-order valence-corrected chi connectivity index (χ0v) is 14.1. The van der Waals surface area contributed by atoms with Gasteiger partial charge in [0, 0.05) is 30.4 Å². The third-order valence-corrected chi connectivity index (χ3v) is 4.33. The molecule has 2 aromatic carbocycles. The molecule has 0 saturated carbocycles. The van der Waals surface area contributed by atoms with Crippen LogP contribution in [0.15, 0.2) is 55.1 Å². The van der Waals surface area contributed by atoms with Gasteiger partial charge in [-0.3, -0.25) is 9.59 Å². The van der Waals surface area contributed by atoms with Crippen LogP contribution < -0.4 is 10.1 Å². The van der Waals surface area contributed by atoms with Crippen molar-refractivity contribution in [3.8, 4) is 5.75 Å². The Hall–Kier alpha value is -3.08. The number of methoxy groups -OCH3 is 1. The van der Waals surface area contributed by atoms with Crippen molar-refractivity contribution in [2.24, 2.45) is 0 Å². The van der Waals surface area contributed by atoms with Gasteiger partial charge in [-0.2, -0.15) is 0 Å². The average Bonchev–Trinajstić information content (AvgIpc) is 2.66. The molecule has 5 heteroatoms. The zero-order chi connectivity index (χ0) is 17.8. The summed E-state index contributed by atoms with van der Waals surface area (Å²) >= 11 is 0. The molecule has 0 atom stereocenters. The average molecular weight is 336 g/mol. The fourth-order valence-corrected chi connectivity index (χ4v) is 3.01. The fraction of sp³-hybridized carbons (Fsp3) is 0.200. The number of carbonyl (C=O) groups excluding carboxylic acids is 2. The van der Waals surface area contributed by atoms with Gasteiger partial charge in [0.05, 0.1) is 7.11 Å². The Morgan fingerprint density at radius 2 is 2.04 bits per heavy atom. The number of anilines is 1. The van der Waals surface area contributed by atoms with Crippen molar-refractivity contribution in [1.82, 2.24) is 4.90 Å². The van der Waals surface area contributed by atoms with Gasteiger partial charge in [0.15, 0.2) is 0 Å². The monoisotopic (exact) mass is 336 g/mol. The lowest BCUT2D eigenvalue weighted by Crippen LogP contribution is -2.36. The van der Waals surface area contributed by atoms with Crippen LogP contribution in [-0.2, 0) is 17.8 Å². The molecule has 0 aliphatic carbocycles. The number of amides is 2. The van der Waals surface area contributed by atoms with Crippen molar-refractivity contribution in [3.63, 3.8) is 0 Å². The Balaban J connectivity index is 1.86. The van der Waals surface area contributed by atoms with Gasteiger partial charge in [-0.05, 0) is 41.8 Å². The Morgan fingerprint density at radius 1 is 1.24 bits per heavy atom. The van der Waals surface area contributed by atoms with Crippen molar-refractivity contribution in [2.45, 2.75) is 13.0 Å². The smallest absolute Gasteiger partial charge is 0.256 e. The maximum absolute atomic E-state index is 12.8. The van der Waals surface area contributed by atoms with E-state index in [1.54, 1.807) is 24.1 Å². The molecule has 5 nitrogen and oxygen atoms in total. The van der Waals surface area contributed by atoms with Gasteiger partial charge in [0.2, 0.25) is 5.91 Å². The van der Waals surface area contributed by atoms with Gasteiger partial charge in [0.25, 0.3) is 5.91 Å². The number of hydrogen-bond donors (Lipinski definition) is 1. The normalized spacial score (nSPS) is 12.9. The lowest BCUT2D eigenvalue weighted by atomic mass is 9.94. The summed E-state index contributed by atoms with van der Waals surface area (Å²) in [6.07, 6.45) is 2.04. The Morgan fingerprint density at radius 3 is 2.80 bits per heavy atom. The number of carbonyl (C=O) groups is 2. The fourth-order valence-electron chi connectivity index (χ4n) is 3.01. The summed E-state index contributed by atoms with van der Waals surface area (Å²) in [5.41, 5.74) is 3.24. The van der Waals surface area contributed by atoms with E-state index in [1.807, 2.05) is 30.3 Å². The van der Waals surface area contributed by atoms with Crippen LogP contribution >= 0.6 is 0 Å². The van der Waals surface area contributed by atoms with E-state index in [-0.39, 0.29) is 11.8 Å². The highest BCUT2D eigenvalue weighted by atomic mass is 16.5. The van der Waals surface area contributed by atoms with E-state index in [2.05, 4.69) is 11.9 Å². The molecule has 1 aliphatic rings. The van der Waals surface area contributed by atoms with E-state index < -0.39 is 0 Å². The highest BCUT2D eigenvalue weighted by Gasteiger charge is 2.23. The quantitative estimate of drug-likeness (QED) is 0.873. The number of nitrogens with one attached hydrogen (secondary N) is 1. The first-order valence-corrected chi connectivity index (χ1v) is 8.10. The largest absolute Gasteiger partial charge is 0.497 e. The number of hydrogen-bond acceptors (Lipinski definition) is 3. The summed E-state index contributed by atoms with van der Waals surface area (Å²) < 4.78 is 5.18. The Bertz CT molecular complexity index is 829. The molecule has 0 fully saturated rings. The highest BCUT2D eigenvalue weighted by Crippen LogP contribution is 2.24. The van der Waals surface area contributed by atoms with Gasteiger partial charge in [-0.25, -0.2) is 0 Å². The van der Waals surface area contributed by atoms with E-state index in [0.29, 0.717) is 30.1 Å². The summed E-state index contributed by atoms with van der Waals surface area (Å²) in [6, 6.07) is 12.9. The van der Waals surface area contributed by atoms with E-state index in [9.17, 15) is 9.59 Å². The van der Waals surface area contributed by atoms with E-state index >= 15 is 0 Å². The molecule has 0 saturated heterocycles. The minimum Gasteiger partial charge on any atom is -0.497 e. The summed E-state index contributed by atoms with van der Waals surface area (Å²) in [4.78, 5) is 26.4. The van der Waals surface area contributed by atoms with Crippen molar-refractivity contribution < 1.29 is 14.3 Å². The van der Waals surface area contributed by atoms with Crippen molar-refractivity contribution in [1.29, 1.82) is 0 Å². The van der Waals surface area contributed by atoms with Crippen molar-refractivity contribution in [2.75, 3.05) is 19.0 Å². The van der Waals surface area contributed by atoms with Crippen molar-refractivity contribution in [3.05, 3.63) is 71.8 Å². The Kier molecular flexibility index (Phi) is 4.84. The molecule has 0 bridgehead atoms. The molecular weight excluding hydrogens is 316 g/mol. The molecular formula is C20H20N2O3. The molecule has 0 unspecified atom stereocenters. The maximum atomic E-state index is 12.8. The topological polar surface area (TPSA) is 58.6 Å². The van der Waals surface area contributed by atoms with Gasteiger partial charge in [0.1, 0.15) is 5.75 Å². The van der Waals surface area contributed by atoms with Gasteiger partial charge < -0.3 is 15.0 Å². The third kappa shape index (κ3) is 3.55. The number of rotatable bonds is 4. The predicted molar refractivity (Wildman–Crippen MR) is 96.7 cm³/mol. The van der Waals surface area contributed by atoms with Gasteiger partial charge >= 0.3 is 0 Å². The number of ether oxygens (including phenoxy) is 1. The lowest BCUT2D eigenvalue weighted by molar-refractivity contribution is -0.126. The van der Waals surface area contributed by atoms with Crippen LogP contribution in [0.3, 0.4) is 0 Å². The minimum absolute atomic E-state index is 0.117. The summed E-state index contributed by atoms with van der Waals surface area (Å²) in [7, 11) is 1.58. The Labute approximate surface area is 146 Å². The van der Waals surface area contributed by atoms with Crippen LogP contribution in [0.4, 0.5) is 5.69 Å². The van der Waals surface area contributed by atoms with Crippen molar-refractivity contribution >= 4 is 17.5 Å². The molecule has 3 rings (SSSR count).